The molecule has 1 aliphatic rings. The molecule has 124 valence electrons. The van der Waals surface area contributed by atoms with Crippen LogP contribution in [-0.4, -0.2) is 10.9 Å². The molecule has 5 heteroatoms. The van der Waals surface area contributed by atoms with Gasteiger partial charge in [-0.3, -0.25) is 14.7 Å². The molecule has 0 radical (unpaired) electrons. The number of amides is 1. The summed E-state index contributed by atoms with van der Waals surface area (Å²) in [4.78, 5) is 19.5. The molecule has 0 aliphatic carbocycles. The third-order valence-corrected chi connectivity index (χ3v) is 5.75. The predicted octanol–water partition coefficient (Wildman–Crippen LogP) is 5.16. The second kappa shape index (κ2) is 6.39. The Hall–Kier alpha value is -1.98. The number of rotatable bonds is 3. The van der Waals surface area contributed by atoms with Crippen LogP contribution < -0.4 is 4.90 Å². The van der Waals surface area contributed by atoms with E-state index in [0.29, 0.717) is 5.69 Å². The molecule has 1 aromatic heterocycles. The number of carbonyl (C=O) groups excluding carboxylic acids is 1. The Balaban J connectivity index is 1.93. The van der Waals surface area contributed by atoms with Gasteiger partial charge in [-0.05, 0) is 23.3 Å². The van der Waals surface area contributed by atoms with Crippen LogP contribution in [0.1, 0.15) is 22.9 Å². The number of carbonyl (C=O) groups is 1. The van der Waals surface area contributed by atoms with Crippen molar-refractivity contribution in [1.82, 2.24) is 4.98 Å². The molecule has 2 aromatic carbocycles. The third kappa shape index (κ3) is 2.71. The summed E-state index contributed by atoms with van der Waals surface area (Å²) in [6.45, 7) is 0. The van der Waals surface area contributed by atoms with Crippen molar-refractivity contribution in [2.24, 2.45) is 0 Å². The number of halogens is 2. The van der Waals surface area contributed by atoms with E-state index < -0.39 is 3.23 Å². The molecule has 4 rings (SSSR count). The normalized spacial score (nSPS) is 15.5. The second-order valence-corrected chi connectivity index (χ2v) is 9.29. The van der Waals surface area contributed by atoms with Gasteiger partial charge in [0.2, 0.25) is 3.23 Å². The molecule has 0 saturated heterocycles. The van der Waals surface area contributed by atoms with E-state index in [1.54, 1.807) is 6.20 Å². The first-order chi connectivity index (χ1) is 12.1. The standard InChI is InChI=1S/C20H14Br2N2O/c21-20(22)18-16(12-7-13-23-18)24(19(20)25)17(14-8-3-1-4-9-14)15-10-5-2-6-11-15/h1-13,17H. The van der Waals surface area contributed by atoms with Crippen molar-refractivity contribution in [3.8, 4) is 0 Å². The van der Waals surface area contributed by atoms with Crippen LogP contribution >= 0.6 is 31.9 Å². The van der Waals surface area contributed by atoms with Crippen LogP contribution in [0.3, 0.4) is 0 Å². The maximum absolute atomic E-state index is 13.3. The fourth-order valence-electron chi connectivity index (χ4n) is 3.21. The highest BCUT2D eigenvalue weighted by atomic mass is 79.9. The van der Waals surface area contributed by atoms with E-state index in [9.17, 15) is 4.79 Å². The molecular formula is C20H14Br2N2O. The number of fused-ring (bicyclic) bond motifs is 1. The molecule has 2 heterocycles. The molecule has 0 saturated carbocycles. The van der Waals surface area contributed by atoms with Gasteiger partial charge in [0.05, 0.1) is 11.7 Å². The van der Waals surface area contributed by atoms with Gasteiger partial charge in [0.15, 0.2) is 0 Å². The highest BCUT2D eigenvalue weighted by molar-refractivity contribution is 9.25. The van der Waals surface area contributed by atoms with E-state index in [1.807, 2.05) is 77.7 Å². The summed E-state index contributed by atoms with van der Waals surface area (Å²) in [5, 5.41) is 0. The number of benzene rings is 2. The molecule has 0 N–H and O–H groups in total. The first-order valence-electron chi connectivity index (χ1n) is 7.87. The molecule has 3 aromatic rings. The van der Waals surface area contributed by atoms with Crippen molar-refractivity contribution in [1.29, 1.82) is 0 Å². The first kappa shape index (κ1) is 16.5. The Morgan fingerprint density at radius 1 is 0.840 bits per heavy atom. The second-order valence-electron chi connectivity index (χ2n) is 5.84. The van der Waals surface area contributed by atoms with Crippen LogP contribution in [0.4, 0.5) is 5.69 Å². The lowest BCUT2D eigenvalue weighted by Gasteiger charge is -2.30. The van der Waals surface area contributed by atoms with Gasteiger partial charge >= 0.3 is 0 Å². The van der Waals surface area contributed by atoms with Gasteiger partial charge in [0, 0.05) is 6.20 Å². The van der Waals surface area contributed by atoms with Gasteiger partial charge in [-0.1, -0.05) is 92.5 Å². The lowest BCUT2D eigenvalue weighted by atomic mass is 9.97. The Morgan fingerprint density at radius 3 is 1.96 bits per heavy atom. The number of pyridine rings is 1. The fourth-order valence-corrected chi connectivity index (χ4v) is 4.21. The van der Waals surface area contributed by atoms with E-state index >= 15 is 0 Å². The van der Waals surface area contributed by atoms with Crippen LogP contribution in [0.15, 0.2) is 79.0 Å². The number of anilines is 1. The predicted molar refractivity (Wildman–Crippen MR) is 106 cm³/mol. The summed E-state index contributed by atoms with van der Waals surface area (Å²) >= 11 is 7.05. The van der Waals surface area contributed by atoms with Crippen molar-refractivity contribution in [2.45, 2.75) is 9.28 Å². The number of aromatic nitrogens is 1. The van der Waals surface area contributed by atoms with Crippen molar-refractivity contribution >= 4 is 43.5 Å². The Bertz CT molecular complexity index is 874. The summed E-state index contributed by atoms with van der Waals surface area (Å²) in [5.74, 6) is -0.0843. The molecular weight excluding hydrogens is 444 g/mol. The zero-order valence-electron chi connectivity index (χ0n) is 13.1. The topological polar surface area (TPSA) is 33.2 Å². The summed E-state index contributed by atoms with van der Waals surface area (Å²) in [5.41, 5.74) is 3.58. The number of alkyl halides is 2. The van der Waals surface area contributed by atoms with E-state index in [0.717, 1.165) is 16.8 Å². The minimum atomic E-state index is -1.00. The van der Waals surface area contributed by atoms with Crippen molar-refractivity contribution in [3.63, 3.8) is 0 Å². The molecule has 25 heavy (non-hydrogen) atoms. The average molecular weight is 458 g/mol. The molecule has 3 nitrogen and oxygen atoms in total. The van der Waals surface area contributed by atoms with Gasteiger partial charge in [-0.15, -0.1) is 0 Å². The van der Waals surface area contributed by atoms with E-state index in [2.05, 4.69) is 36.8 Å². The quantitative estimate of drug-likeness (QED) is 0.509. The van der Waals surface area contributed by atoms with Gasteiger partial charge in [-0.25, -0.2) is 0 Å². The van der Waals surface area contributed by atoms with Gasteiger partial charge < -0.3 is 0 Å². The van der Waals surface area contributed by atoms with E-state index in [4.69, 9.17) is 0 Å². The lowest BCUT2D eigenvalue weighted by Crippen LogP contribution is -2.36. The van der Waals surface area contributed by atoms with Gasteiger partial charge in [0.1, 0.15) is 5.69 Å². The number of nitrogens with zero attached hydrogens (tertiary/aromatic N) is 2. The van der Waals surface area contributed by atoms with Crippen molar-refractivity contribution in [2.75, 3.05) is 4.90 Å². The SMILES string of the molecule is O=C1N(C(c2ccccc2)c2ccccc2)c2cccnc2C1(Br)Br. The van der Waals surface area contributed by atoms with Gasteiger partial charge in [0.25, 0.3) is 5.91 Å². The zero-order chi connectivity index (χ0) is 17.4. The summed E-state index contributed by atoms with van der Waals surface area (Å²) in [6.07, 6.45) is 1.70. The third-order valence-electron chi connectivity index (χ3n) is 4.32. The largest absolute Gasteiger partial charge is 0.297 e. The van der Waals surface area contributed by atoms with Crippen LogP contribution in [0.2, 0.25) is 0 Å². The van der Waals surface area contributed by atoms with Gasteiger partial charge in [-0.2, -0.15) is 0 Å². The molecule has 0 fully saturated rings. The molecule has 1 aliphatic heterocycles. The van der Waals surface area contributed by atoms with Crippen molar-refractivity contribution in [3.05, 3.63) is 95.8 Å². The zero-order valence-corrected chi connectivity index (χ0v) is 16.3. The minimum absolute atomic E-state index is 0.0843. The highest BCUT2D eigenvalue weighted by Gasteiger charge is 2.51. The van der Waals surface area contributed by atoms with Crippen LogP contribution in [0.5, 0.6) is 0 Å². The van der Waals surface area contributed by atoms with E-state index in [-0.39, 0.29) is 11.9 Å². The minimum Gasteiger partial charge on any atom is -0.297 e. The summed E-state index contributed by atoms with van der Waals surface area (Å²) in [7, 11) is 0. The summed E-state index contributed by atoms with van der Waals surface area (Å²) in [6, 6.07) is 23.7. The summed E-state index contributed by atoms with van der Waals surface area (Å²) < 4.78 is -1.00. The molecule has 0 spiro atoms. The molecule has 0 bridgehead atoms. The molecule has 0 unspecified atom stereocenters. The Labute approximate surface area is 163 Å². The monoisotopic (exact) mass is 456 g/mol. The molecule has 0 atom stereocenters. The number of hydrogen-bond donors (Lipinski definition) is 0. The fraction of sp³-hybridized carbons (Fsp3) is 0.100. The van der Waals surface area contributed by atoms with Crippen LogP contribution in [0, 0.1) is 0 Å². The van der Waals surface area contributed by atoms with Crippen LogP contribution in [-0.2, 0) is 8.03 Å². The maximum atomic E-state index is 13.3. The first-order valence-corrected chi connectivity index (χ1v) is 9.46. The highest BCUT2D eigenvalue weighted by Crippen LogP contribution is 2.52. The van der Waals surface area contributed by atoms with Crippen LogP contribution in [0.25, 0.3) is 0 Å². The number of hydrogen-bond acceptors (Lipinski definition) is 2. The lowest BCUT2D eigenvalue weighted by molar-refractivity contribution is -0.118. The molecule has 1 amide bonds. The van der Waals surface area contributed by atoms with Crippen molar-refractivity contribution < 1.29 is 4.79 Å². The average Bonchev–Trinajstić information content (AvgIpc) is 2.85. The Morgan fingerprint density at radius 2 is 1.40 bits per heavy atom. The maximum Gasteiger partial charge on any atom is 0.261 e. The smallest absolute Gasteiger partial charge is 0.261 e. The Kier molecular flexibility index (Phi) is 4.21. The van der Waals surface area contributed by atoms with E-state index in [1.165, 1.54) is 0 Å².